The molecule has 1 aliphatic carbocycles. The molecule has 4 nitrogen and oxygen atoms in total. The summed E-state index contributed by atoms with van der Waals surface area (Å²) in [6.07, 6.45) is 11.5. The van der Waals surface area contributed by atoms with E-state index in [-0.39, 0.29) is 0 Å². The van der Waals surface area contributed by atoms with Gasteiger partial charge in [0, 0.05) is 18.3 Å². The highest BCUT2D eigenvalue weighted by molar-refractivity contribution is 5.47. The van der Waals surface area contributed by atoms with Crippen LogP contribution in [0.25, 0.3) is 0 Å². The first-order valence-corrected chi connectivity index (χ1v) is 8.00. The number of nitrogens with two attached hydrogens (primary N) is 1. The Morgan fingerprint density at radius 3 is 2.86 bits per heavy atom. The molecule has 0 saturated heterocycles. The average molecular weight is 298 g/mol. The fraction of sp³-hybridized carbons (Fsp3) is 0.444. The minimum atomic E-state index is 0.328. The van der Waals surface area contributed by atoms with Gasteiger partial charge >= 0.3 is 0 Å². The van der Waals surface area contributed by atoms with Crippen LogP contribution in [0.3, 0.4) is 0 Å². The zero-order valence-corrected chi connectivity index (χ0v) is 13.7. The number of aryl methyl sites for hydroxylation is 1. The van der Waals surface area contributed by atoms with E-state index < -0.39 is 0 Å². The van der Waals surface area contributed by atoms with Crippen LogP contribution in [0.2, 0.25) is 0 Å². The number of anilines is 2. The maximum atomic E-state index is 5.71. The lowest BCUT2D eigenvalue weighted by Gasteiger charge is -2.11. The summed E-state index contributed by atoms with van der Waals surface area (Å²) >= 11 is 0. The molecule has 0 radical (unpaired) electrons. The zero-order valence-electron chi connectivity index (χ0n) is 13.7. The standard InChI is InChI=1S/C18H26N4/c1-4-5-10-20-17-16(12-21-18(19)22-17)9-7-14-6-8-15(11-14)13(2)3/h6,8,12H,2,4-5,7,9-11H2,1,3H3,(H3,19,20,21,22). The van der Waals surface area contributed by atoms with Crippen molar-refractivity contribution in [3.63, 3.8) is 0 Å². The summed E-state index contributed by atoms with van der Waals surface area (Å²) in [5, 5.41) is 3.38. The summed E-state index contributed by atoms with van der Waals surface area (Å²) in [6, 6.07) is 0. The van der Waals surface area contributed by atoms with Gasteiger partial charge in [0.2, 0.25) is 5.95 Å². The van der Waals surface area contributed by atoms with Crippen LogP contribution in [0.15, 0.2) is 41.6 Å². The van der Waals surface area contributed by atoms with Gasteiger partial charge in [-0.25, -0.2) is 4.98 Å². The molecule has 4 heteroatoms. The molecule has 0 bridgehead atoms. The van der Waals surface area contributed by atoms with Crippen LogP contribution in [0.4, 0.5) is 11.8 Å². The van der Waals surface area contributed by atoms with Gasteiger partial charge in [-0.1, -0.05) is 43.2 Å². The minimum absolute atomic E-state index is 0.328. The third-order valence-corrected chi connectivity index (χ3v) is 3.91. The highest BCUT2D eigenvalue weighted by Gasteiger charge is 2.11. The molecule has 0 aliphatic heterocycles. The van der Waals surface area contributed by atoms with E-state index in [0.29, 0.717) is 5.95 Å². The summed E-state index contributed by atoms with van der Waals surface area (Å²) in [5.41, 5.74) is 10.8. The molecule has 0 fully saturated rings. The Morgan fingerprint density at radius 1 is 1.36 bits per heavy atom. The van der Waals surface area contributed by atoms with Crippen LogP contribution < -0.4 is 11.1 Å². The van der Waals surface area contributed by atoms with Crippen molar-refractivity contribution in [2.24, 2.45) is 0 Å². The lowest BCUT2D eigenvalue weighted by atomic mass is 10.0. The SMILES string of the molecule is C=C(C)C1=CC=C(CCc2cnc(N)nc2NCCCC)C1. The smallest absolute Gasteiger partial charge is 0.221 e. The van der Waals surface area contributed by atoms with Gasteiger partial charge in [-0.15, -0.1) is 0 Å². The molecule has 0 amide bonds. The summed E-state index contributed by atoms with van der Waals surface area (Å²) in [6.45, 7) is 9.17. The van der Waals surface area contributed by atoms with Crippen molar-refractivity contribution in [3.8, 4) is 0 Å². The largest absolute Gasteiger partial charge is 0.370 e. The first-order chi connectivity index (χ1) is 10.6. The fourth-order valence-corrected chi connectivity index (χ4v) is 2.48. The van der Waals surface area contributed by atoms with Gasteiger partial charge in [0.15, 0.2) is 0 Å². The highest BCUT2D eigenvalue weighted by atomic mass is 15.1. The van der Waals surface area contributed by atoms with E-state index in [4.69, 9.17) is 5.73 Å². The molecule has 1 aliphatic rings. The molecule has 1 aromatic heterocycles. The van der Waals surface area contributed by atoms with E-state index in [1.54, 1.807) is 0 Å². The third-order valence-electron chi connectivity index (χ3n) is 3.91. The summed E-state index contributed by atoms with van der Waals surface area (Å²) < 4.78 is 0. The molecule has 0 saturated carbocycles. The Kier molecular flexibility index (Phi) is 5.75. The lowest BCUT2D eigenvalue weighted by Crippen LogP contribution is -2.09. The fourth-order valence-electron chi connectivity index (χ4n) is 2.48. The molecule has 118 valence electrons. The van der Waals surface area contributed by atoms with Crippen molar-refractivity contribution in [2.45, 2.75) is 46.0 Å². The minimum Gasteiger partial charge on any atom is -0.370 e. The topological polar surface area (TPSA) is 63.8 Å². The number of nitrogen functional groups attached to an aromatic ring is 1. The van der Waals surface area contributed by atoms with E-state index in [2.05, 4.69) is 47.9 Å². The summed E-state index contributed by atoms with van der Waals surface area (Å²) in [7, 11) is 0. The predicted molar refractivity (Wildman–Crippen MR) is 93.8 cm³/mol. The Labute approximate surface area is 133 Å². The van der Waals surface area contributed by atoms with Crippen molar-refractivity contribution in [1.82, 2.24) is 9.97 Å². The van der Waals surface area contributed by atoms with Gasteiger partial charge in [-0.05, 0) is 38.2 Å². The van der Waals surface area contributed by atoms with Gasteiger partial charge in [-0.3, -0.25) is 0 Å². The molecule has 1 aromatic rings. The van der Waals surface area contributed by atoms with Crippen molar-refractivity contribution >= 4 is 11.8 Å². The van der Waals surface area contributed by atoms with Crippen molar-refractivity contribution in [2.75, 3.05) is 17.6 Å². The molecule has 1 heterocycles. The second-order valence-corrected chi connectivity index (χ2v) is 5.86. The summed E-state index contributed by atoms with van der Waals surface area (Å²) in [5.74, 6) is 1.21. The first-order valence-electron chi connectivity index (χ1n) is 8.00. The zero-order chi connectivity index (χ0) is 15.9. The van der Waals surface area contributed by atoms with E-state index in [1.165, 1.54) is 11.1 Å². The van der Waals surface area contributed by atoms with Gasteiger partial charge in [0.05, 0.1) is 0 Å². The quantitative estimate of drug-likeness (QED) is 0.711. The number of hydrogen-bond donors (Lipinski definition) is 2. The molecule has 22 heavy (non-hydrogen) atoms. The predicted octanol–water partition coefficient (Wildman–Crippen LogP) is 4.04. The van der Waals surface area contributed by atoms with Crippen LogP contribution >= 0.6 is 0 Å². The number of rotatable bonds is 8. The highest BCUT2D eigenvalue weighted by Crippen LogP contribution is 2.28. The molecule has 2 rings (SSSR count). The molecule has 0 atom stereocenters. The van der Waals surface area contributed by atoms with Crippen molar-refractivity contribution < 1.29 is 0 Å². The van der Waals surface area contributed by atoms with Gasteiger partial charge in [0.1, 0.15) is 5.82 Å². The van der Waals surface area contributed by atoms with Crippen molar-refractivity contribution in [3.05, 3.63) is 47.2 Å². The Bertz CT molecular complexity index is 599. The molecule has 0 aromatic carbocycles. The van der Waals surface area contributed by atoms with Crippen molar-refractivity contribution in [1.29, 1.82) is 0 Å². The van der Waals surface area contributed by atoms with E-state index in [9.17, 15) is 0 Å². The maximum Gasteiger partial charge on any atom is 0.221 e. The summed E-state index contributed by atoms with van der Waals surface area (Å²) in [4.78, 5) is 8.48. The van der Waals surface area contributed by atoms with E-state index in [0.717, 1.165) is 55.6 Å². The van der Waals surface area contributed by atoms with Crippen LogP contribution in [0, 0.1) is 0 Å². The second-order valence-electron chi connectivity index (χ2n) is 5.86. The second kappa shape index (κ2) is 7.78. The average Bonchev–Trinajstić information content (AvgIpc) is 2.96. The van der Waals surface area contributed by atoms with Gasteiger partial charge in [0.25, 0.3) is 0 Å². The number of hydrogen-bond acceptors (Lipinski definition) is 4. The van der Waals surface area contributed by atoms with Gasteiger partial charge in [-0.2, -0.15) is 4.98 Å². The number of unbranched alkanes of at least 4 members (excludes halogenated alkanes) is 1. The molecular formula is C18H26N4. The van der Waals surface area contributed by atoms with E-state index >= 15 is 0 Å². The van der Waals surface area contributed by atoms with E-state index in [1.807, 2.05) is 6.20 Å². The van der Waals surface area contributed by atoms with Crippen LogP contribution in [0.5, 0.6) is 0 Å². The van der Waals surface area contributed by atoms with Gasteiger partial charge < -0.3 is 11.1 Å². The first kappa shape index (κ1) is 16.3. The Balaban J connectivity index is 1.94. The molecular weight excluding hydrogens is 272 g/mol. The monoisotopic (exact) mass is 298 g/mol. The van der Waals surface area contributed by atoms with Crippen LogP contribution in [-0.2, 0) is 6.42 Å². The molecule has 3 N–H and O–H groups in total. The Hall–Kier alpha value is -2.10. The number of aromatic nitrogens is 2. The number of nitrogens with zero attached hydrogens (tertiary/aromatic N) is 2. The number of nitrogens with one attached hydrogen (secondary N) is 1. The van der Waals surface area contributed by atoms with Crippen LogP contribution in [0.1, 0.15) is 45.1 Å². The lowest BCUT2D eigenvalue weighted by molar-refractivity contribution is 0.824. The Morgan fingerprint density at radius 2 is 2.18 bits per heavy atom. The molecule has 0 spiro atoms. The number of allylic oxidation sites excluding steroid dienone is 5. The van der Waals surface area contributed by atoms with Crippen LogP contribution in [-0.4, -0.2) is 16.5 Å². The maximum absolute atomic E-state index is 5.71. The third kappa shape index (κ3) is 4.45. The normalized spacial score (nSPS) is 13.7. The molecule has 0 unspecified atom stereocenters.